The van der Waals surface area contributed by atoms with Gasteiger partial charge in [-0.2, -0.15) is 5.10 Å². The fourth-order valence-corrected chi connectivity index (χ4v) is 4.87. The van der Waals surface area contributed by atoms with E-state index in [-0.39, 0.29) is 33.2 Å². The second-order valence-corrected chi connectivity index (χ2v) is 10.5. The van der Waals surface area contributed by atoms with Crippen molar-refractivity contribution < 1.29 is 23.1 Å². The van der Waals surface area contributed by atoms with Crippen LogP contribution in [-0.2, 0) is 22.8 Å². The first-order valence-electron chi connectivity index (χ1n) is 9.94. The normalized spacial score (nSPS) is 14.7. The number of rotatable bonds is 5. The Kier molecular flexibility index (Phi) is 5.53. The first-order valence-corrected chi connectivity index (χ1v) is 11.6. The van der Waals surface area contributed by atoms with Crippen molar-refractivity contribution in [1.82, 2.24) is 14.7 Å². The van der Waals surface area contributed by atoms with E-state index in [0.29, 0.717) is 25.1 Å². The highest BCUT2D eigenvalue weighted by atomic mass is 32.2. The Bertz CT molecular complexity index is 1130. The monoisotopic (exact) mass is 433 g/mol. The lowest BCUT2D eigenvalue weighted by atomic mass is 9.88. The van der Waals surface area contributed by atoms with Crippen LogP contribution >= 0.6 is 0 Å². The van der Waals surface area contributed by atoms with E-state index in [1.165, 1.54) is 29.9 Å². The molecule has 1 aromatic carbocycles. The van der Waals surface area contributed by atoms with Crippen molar-refractivity contribution in [3.63, 3.8) is 0 Å². The van der Waals surface area contributed by atoms with E-state index in [4.69, 9.17) is 0 Å². The third kappa shape index (κ3) is 3.51. The van der Waals surface area contributed by atoms with Gasteiger partial charge in [0.15, 0.2) is 15.6 Å². The maximum atomic E-state index is 13.4. The SMILES string of the molecule is CCn1ncc(C(=O)c2ccc(S(=O)(=O)CC)c3c2CCN(C(C)(C)C)C3=O)c1O. The Hall–Kier alpha value is -2.68. The molecule has 0 aliphatic carbocycles. The molecule has 2 aromatic rings. The van der Waals surface area contributed by atoms with Gasteiger partial charge in [-0.25, -0.2) is 13.1 Å². The summed E-state index contributed by atoms with van der Waals surface area (Å²) < 4.78 is 26.7. The van der Waals surface area contributed by atoms with Gasteiger partial charge in [-0.05, 0) is 51.8 Å². The van der Waals surface area contributed by atoms with Gasteiger partial charge in [-0.1, -0.05) is 6.92 Å². The Balaban J connectivity index is 2.24. The summed E-state index contributed by atoms with van der Waals surface area (Å²) in [7, 11) is -3.68. The van der Waals surface area contributed by atoms with Gasteiger partial charge in [0.2, 0.25) is 5.88 Å². The maximum Gasteiger partial charge on any atom is 0.255 e. The molecule has 1 aliphatic rings. The summed E-state index contributed by atoms with van der Waals surface area (Å²) in [5.41, 5.74) is 0.210. The number of carbonyl (C=O) groups is 2. The van der Waals surface area contributed by atoms with E-state index in [2.05, 4.69) is 5.10 Å². The number of benzene rings is 1. The van der Waals surface area contributed by atoms with Crippen LogP contribution in [0.2, 0.25) is 0 Å². The molecule has 0 atom stereocenters. The average Bonchev–Trinajstić information content (AvgIpc) is 3.06. The molecule has 2 heterocycles. The van der Waals surface area contributed by atoms with Crippen molar-refractivity contribution >= 4 is 21.5 Å². The zero-order valence-electron chi connectivity index (χ0n) is 17.9. The van der Waals surface area contributed by atoms with Gasteiger partial charge >= 0.3 is 0 Å². The highest BCUT2D eigenvalue weighted by Gasteiger charge is 2.38. The molecule has 0 radical (unpaired) electrons. The summed E-state index contributed by atoms with van der Waals surface area (Å²) in [5, 5.41) is 14.3. The number of sulfone groups is 1. The molecule has 30 heavy (non-hydrogen) atoms. The number of amides is 1. The van der Waals surface area contributed by atoms with Crippen molar-refractivity contribution in [3.05, 3.63) is 40.6 Å². The third-order valence-corrected chi connectivity index (χ3v) is 7.21. The van der Waals surface area contributed by atoms with Crippen LogP contribution in [0.1, 0.15) is 66.5 Å². The first-order chi connectivity index (χ1) is 13.9. The number of aromatic hydroxyl groups is 1. The lowest BCUT2D eigenvalue weighted by Gasteiger charge is -2.40. The standard InChI is InChI=1S/C21H27N3O5S/c1-6-24-19(26)15(12-22-24)18(25)14-8-9-16(30(28,29)7-2)17-13(14)10-11-23(20(17)27)21(3,4)5/h8-9,12,26H,6-7,10-11H2,1-5H3. The number of carbonyl (C=O) groups excluding carboxylic acids is 2. The van der Waals surface area contributed by atoms with Crippen LogP contribution in [0.3, 0.4) is 0 Å². The van der Waals surface area contributed by atoms with E-state index in [1.807, 2.05) is 20.8 Å². The first kappa shape index (κ1) is 22.0. The second-order valence-electron chi connectivity index (χ2n) is 8.27. The molecule has 1 N–H and O–H groups in total. The number of nitrogens with zero attached hydrogens (tertiary/aromatic N) is 3. The van der Waals surface area contributed by atoms with Crippen molar-refractivity contribution in [2.75, 3.05) is 12.3 Å². The molecule has 1 aromatic heterocycles. The topological polar surface area (TPSA) is 110 Å². The van der Waals surface area contributed by atoms with Crippen molar-refractivity contribution in [3.8, 4) is 5.88 Å². The smallest absolute Gasteiger partial charge is 0.255 e. The molecule has 0 saturated heterocycles. The molecular weight excluding hydrogens is 406 g/mol. The minimum atomic E-state index is -3.68. The van der Waals surface area contributed by atoms with Crippen LogP contribution < -0.4 is 0 Å². The van der Waals surface area contributed by atoms with Crippen LogP contribution in [0.25, 0.3) is 0 Å². The number of fused-ring (bicyclic) bond motifs is 1. The predicted octanol–water partition coefficient (Wildman–Crippen LogP) is 2.43. The van der Waals surface area contributed by atoms with Crippen molar-refractivity contribution in [2.45, 2.75) is 58.0 Å². The van der Waals surface area contributed by atoms with Gasteiger partial charge in [0.25, 0.3) is 5.91 Å². The molecule has 0 saturated carbocycles. The number of hydrogen-bond donors (Lipinski definition) is 1. The molecular formula is C21H27N3O5S. The van der Waals surface area contributed by atoms with Crippen molar-refractivity contribution in [1.29, 1.82) is 0 Å². The van der Waals surface area contributed by atoms with E-state index in [9.17, 15) is 23.1 Å². The molecule has 1 aliphatic heterocycles. The summed E-state index contributed by atoms with van der Waals surface area (Å²) in [5.74, 6) is -1.29. The zero-order chi connectivity index (χ0) is 22.4. The van der Waals surface area contributed by atoms with E-state index < -0.39 is 27.1 Å². The van der Waals surface area contributed by atoms with Gasteiger partial charge in [-0.15, -0.1) is 0 Å². The summed E-state index contributed by atoms with van der Waals surface area (Å²) in [4.78, 5) is 28.1. The molecule has 0 fully saturated rings. The van der Waals surface area contributed by atoms with Gasteiger partial charge in [0.1, 0.15) is 5.56 Å². The Morgan fingerprint density at radius 2 is 1.87 bits per heavy atom. The third-order valence-electron chi connectivity index (χ3n) is 5.44. The average molecular weight is 434 g/mol. The summed E-state index contributed by atoms with van der Waals surface area (Å²) in [6.07, 6.45) is 1.63. The van der Waals surface area contributed by atoms with E-state index in [0.717, 1.165) is 0 Å². The zero-order valence-corrected chi connectivity index (χ0v) is 18.7. The second kappa shape index (κ2) is 7.54. The largest absolute Gasteiger partial charge is 0.493 e. The molecule has 0 bridgehead atoms. The molecule has 1 amide bonds. The lowest BCUT2D eigenvalue weighted by Crippen LogP contribution is -2.50. The number of aromatic nitrogens is 2. The Morgan fingerprint density at radius 1 is 1.20 bits per heavy atom. The Labute approximate surface area is 176 Å². The quantitative estimate of drug-likeness (QED) is 0.725. The van der Waals surface area contributed by atoms with Crippen LogP contribution in [0.4, 0.5) is 0 Å². The summed E-state index contributed by atoms with van der Waals surface area (Å²) in [6, 6.07) is 2.77. The fraction of sp³-hybridized carbons (Fsp3) is 0.476. The maximum absolute atomic E-state index is 13.4. The van der Waals surface area contributed by atoms with Crippen LogP contribution in [0.5, 0.6) is 5.88 Å². The van der Waals surface area contributed by atoms with Gasteiger partial charge in [0, 0.05) is 24.2 Å². The van der Waals surface area contributed by atoms with Gasteiger partial charge < -0.3 is 10.0 Å². The molecule has 162 valence electrons. The lowest BCUT2D eigenvalue weighted by molar-refractivity contribution is 0.0557. The van der Waals surface area contributed by atoms with Crippen LogP contribution in [0, 0.1) is 0 Å². The molecule has 3 rings (SSSR count). The van der Waals surface area contributed by atoms with Crippen molar-refractivity contribution in [2.24, 2.45) is 0 Å². The molecule has 8 nitrogen and oxygen atoms in total. The minimum Gasteiger partial charge on any atom is -0.493 e. The van der Waals surface area contributed by atoms with E-state index >= 15 is 0 Å². The Morgan fingerprint density at radius 3 is 2.40 bits per heavy atom. The van der Waals surface area contributed by atoms with Gasteiger partial charge in [0.05, 0.1) is 22.4 Å². The number of aryl methyl sites for hydroxylation is 1. The van der Waals surface area contributed by atoms with Crippen LogP contribution in [0.15, 0.2) is 23.2 Å². The van der Waals surface area contributed by atoms with Gasteiger partial charge in [-0.3, -0.25) is 9.59 Å². The highest BCUT2D eigenvalue weighted by molar-refractivity contribution is 7.91. The fourth-order valence-electron chi connectivity index (χ4n) is 3.76. The molecule has 9 heteroatoms. The predicted molar refractivity (Wildman–Crippen MR) is 112 cm³/mol. The van der Waals surface area contributed by atoms with E-state index in [1.54, 1.807) is 11.8 Å². The minimum absolute atomic E-state index is 0.0239. The van der Waals surface area contributed by atoms with Crippen LogP contribution in [-0.4, -0.2) is 57.7 Å². The number of hydrogen-bond acceptors (Lipinski definition) is 6. The summed E-state index contributed by atoms with van der Waals surface area (Å²) >= 11 is 0. The molecule has 0 spiro atoms. The summed E-state index contributed by atoms with van der Waals surface area (Å²) in [6.45, 7) is 9.72. The molecule has 0 unspecified atom stereocenters. The number of ketones is 1. The highest BCUT2D eigenvalue weighted by Crippen LogP contribution is 2.34.